The van der Waals surface area contributed by atoms with Crippen LogP contribution in [-0.2, 0) is 17.8 Å². The standard InChI is InChI=1S/C29H33N3O3/c1-4-5-19-31-28(34)26(32(29(31,2)3)27(33)25-13-9-10-18-30-25)20-22-14-16-24(17-15-22)35-21-23-11-7-6-8-12-23/h6-18,26H,4-5,19-21H2,1-3H3. The number of rotatable bonds is 9. The number of unbranched alkanes of at least 4 members (excludes halogenated alkanes) is 1. The number of amides is 2. The summed E-state index contributed by atoms with van der Waals surface area (Å²) in [6.45, 7) is 7.11. The molecule has 4 rings (SSSR count). The largest absolute Gasteiger partial charge is 0.489 e. The molecule has 1 aliphatic heterocycles. The minimum absolute atomic E-state index is 0.0165. The van der Waals surface area contributed by atoms with E-state index in [0.29, 0.717) is 25.3 Å². The van der Waals surface area contributed by atoms with Gasteiger partial charge in [-0.25, -0.2) is 0 Å². The van der Waals surface area contributed by atoms with Gasteiger partial charge in [-0.05, 0) is 55.7 Å². The molecule has 2 heterocycles. The minimum Gasteiger partial charge on any atom is -0.489 e. The Morgan fingerprint density at radius 2 is 1.69 bits per heavy atom. The second-order valence-corrected chi connectivity index (χ2v) is 9.37. The van der Waals surface area contributed by atoms with Crippen LogP contribution in [0.15, 0.2) is 79.0 Å². The highest BCUT2D eigenvalue weighted by molar-refractivity contribution is 5.99. The number of nitrogens with zero attached hydrogens (tertiary/aromatic N) is 3. The van der Waals surface area contributed by atoms with Crippen molar-refractivity contribution >= 4 is 11.8 Å². The highest BCUT2D eigenvalue weighted by Gasteiger charge is 2.53. The molecule has 6 nitrogen and oxygen atoms in total. The van der Waals surface area contributed by atoms with Crippen molar-refractivity contribution in [1.82, 2.24) is 14.8 Å². The molecule has 1 fully saturated rings. The Balaban J connectivity index is 1.54. The molecule has 182 valence electrons. The lowest BCUT2D eigenvalue weighted by molar-refractivity contribution is -0.131. The van der Waals surface area contributed by atoms with Crippen molar-refractivity contribution in [3.63, 3.8) is 0 Å². The smallest absolute Gasteiger partial charge is 0.274 e. The van der Waals surface area contributed by atoms with Gasteiger partial charge in [0.05, 0.1) is 0 Å². The maximum absolute atomic E-state index is 13.6. The molecule has 2 amide bonds. The van der Waals surface area contributed by atoms with Gasteiger partial charge in [0.25, 0.3) is 5.91 Å². The summed E-state index contributed by atoms with van der Waals surface area (Å²) in [4.78, 5) is 35.0. The van der Waals surface area contributed by atoms with Crippen LogP contribution >= 0.6 is 0 Å². The maximum atomic E-state index is 13.6. The van der Waals surface area contributed by atoms with Gasteiger partial charge >= 0.3 is 0 Å². The molecule has 3 aromatic rings. The number of pyridine rings is 1. The number of aromatic nitrogens is 1. The average Bonchev–Trinajstić information content (AvgIpc) is 3.07. The first kappa shape index (κ1) is 24.5. The molecule has 1 unspecified atom stereocenters. The van der Waals surface area contributed by atoms with Crippen LogP contribution in [0, 0.1) is 0 Å². The SMILES string of the molecule is CCCCN1C(=O)C(Cc2ccc(OCc3ccccc3)cc2)N(C(=O)c2ccccn2)C1(C)C. The van der Waals surface area contributed by atoms with Crippen LogP contribution in [0.5, 0.6) is 5.75 Å². The minimum atomic E-state index is -0.746. The normalized spacial score (nSPS) is 17.0. The Hall–Kier alpha value is -3.67. The zero-order valence-corrected chi connectivity index (χ0v) is 20.7. The van der Waals surface area contributed by atoms with E-state index in [2.05, 4.69) is 11.9 Å². The molecule has 6 heteroatoms. The van der Waals surface area contributed by atoms with Gasteiger partial charge in [0.15, 0.2) is 0 Å². The first-order valence-corrected chi connectivity index (χ1v) is 12.2. The fourth-order valence-corrected chi connectivity index (χ4v) is 4.64. The number of ether oxygens (including phenoxy) is 1. The number of hydrogen-bond acceptors (Lipinski definition) is 4. The predicted molar refractivity (Wildman–Crippen MR) is 136 cm³/mol. The lowest BCUT2D eigenvalue weighted by Gasteiger charge is -2.38. The van der Waals surface area contributed by atoms with Crippen molar-refractivity contribution in [2.75, 3.05) is 6.54 Å². The molecule has 1 aromatic heterocycles. The monoisotopic (exact) mass is 471 g/mol. The van der Waals surface area contributed by atoms with Crippen LogP contribution in [0.25, 0.3) is 0 Å². The summed E-state index contributed by atoms with van der Waals surface area (Å²) < 4.78 is 5.90. The topological polar surface area (TPSA) is 62.7 Å². The Morgan fingerprint density at radius 1 is 0.971 bits per heavy atom. The zero-order valence-electron chi connectivity index (χ0n) is 20.7. The number of carbonyl (C=O) groups excluding carboxylic acids is 2. The fourth-order valence-electron chi connectivity index (χ4n) is 4.64. The Bertz CT molecular complexity index is 1130. The molecule has 0 N–H and O–H groups in total. The van der Waals surface area contributed by atoms with E-state index >= 15 is 0 Å². The second kappa shape index (κ2) is 10.7. The third-order valence-electron chi connectivity index (χ3n) is 6.55. The molecule has 0 bridgehead atoms. The van der Waals surface area contributed by atoms with Gasteiger partial charge in [0, 0.05) is 19.2 Å². The second-order valence-electron chi connectivity index (χ2n) is 9.37. The molecule has 0 saturated carbocycles. The number of hydrogen-bond donors (Lipinski definition) is 0. The molecule has 1 saturated heterocycles. The summed E-state index contributed by atoms with van der Waals surface area (Å²) in [7, 11) is 0. The molecule has 0 spiro atoms. The van der Waals surface area contributed by atoms with E-state index in [1.807, 2.05) is 73.3 Å². The van der Waals surface area contributed by atoms with Gasteiger partial charge in [-0.2, -0.15) is 0 Å². The van der Waals surface area contributed by atoms with Crippen molar-refractivity contribution in [2.24, 2.45) is 0 Å². The first-order valence-electron chi connectivity index (χ1n) is 12.2. The van der Waals surface area contributed by atoms with E-state index in [1.165, 1.54) is 0 Å². The van der Waals surface area contributed by atoms with Crippen molar-refractivity contribution in [2.45, 2.75) is 58.3 Å². The fraction of sp³-hybridized carbons (Fsp3) is 0.345. The molecular weight excluding hydrogens is 438 g/mol. The molecule has 2 aromatic carbocycles. The van der Waals surface area contributed by atoms with Crippen molar-refractivity contribution in [1.29, 1.82) is 0 Å². The van der Waals surface area contributed by atoms with Gasteiger partial charge in [-0.15, -0.1) is 0 Å². The molecule has 1 aliphatic rings. The molecule has 0 aliphatic carbocycles. The summed E-state index contributed by atoms with van der Waals surface area (Å²) >= 11 is 0. The number of carbonyl (C=O) groups is 2. The summed E-state index contributed by atoms with van der Waals surface area (Å²) in [6.07, 6.45) is 3.91. The van der Waals surface area contributed by atoms with E-state index in [1.54, 1.807) is 29.3 Å². The maximum Gasteiger partial charge on any atom is 0.274 e. The summed E-state index contributed by atoms with van der Waals surface area (Å²) in [5.74, 6) is 0.523. The first-order chi connectivity index (χ1) is 16.9. The Kier molecular flexibility index (Phi) is 7.49. The zero-order chi connectivity index (χ0) is 24.8. The van der Waals surface area contributed by atoms with E-state index < -0.39 is 11.7 Å². The van der Waals surface area contributed by atoms with E-state index in [0.717, 1.165) is 29.7 Å². The van der Waals surface area contributed by atoms with Crippen LogP contribution in [0.2, 0.25) is 0 Å². The lowest BCUT2D eigenvalue weighted by Crippen LogP contribution is -2.53. The predicted octanol–water partition coefficient (Wildman–Crippen LogP) is 5.09. The van der Waals surface area contributed by atoms with Crippen LogP contribution in [0.3, 0.4) is 0 Å². The molecular formula is C29H33N3O3. The highest BCUT2D eigenvalue weighted by atomic mass is 16.5. The Morgan fingerprint density at radius 3 is 2.34 bits per heavy atom. The summed E-state index contributed by atoms with van der Waals surface area (Å²) in [6, 6.07) is 22.5. The third kappa shape index (κ3) is 5.37. The van der Waals surface area contributed by atoms with Gasteiger partial charge in [-0.3, -0.25) is 14.6 Å². The Labute approximate surface area is 207 Å². The quantitative estimate of drug-likeness (QED) is 0.436. The van der Waals surface area contributed by atoms with Crippen molar-refractivity contribution < 1.29 is 14.3 Å². The summed E-state index contributed by atoms with van der Waals surface area (Å²) in [5.41, 5.74) is 1.68. The van der Waals surface area contributed by atoms with E-state index in [-0.39, 0.29) is 11.8 Å². The van der Waals surface area contributed by atoms with Gasteiger partial charge in [0.2, 0.25) is 5.91 Å². The van der Waals surface area contributed by atoms with E-state index in [4.69, 9.17) is 4.74 Å². The summed E-state index contributed by atoms with van der Waals surface area (Å²) in [5, 5.41) is 0. The van der Waals surface area contributed by atoms with E-state index in [9.17, 15) is 9.59 Å². The van der Waals surface area contributed by atoms with Crippen molar-refractivity contribution in [3.8, 4) is 5.75 Å². The van der Waals surface area contributed by atoms with Crippen LogP contribution in [-0.4, -0.2) is 44.8 Å². The van der Waals surface area contributed by atoms with Gasteiger partial charge < -0.3 is 14.5 Å². The molecule has 35 heavy (non-hydrogen) atoms. The number of benzene rings is 2. The average molecular weight is 472 g/mol. The molecule has 0 radical (unpaired) electrons. The van der Waals surface area contributed by atoms with Crippen LogP contribution in [0.1, 0.15) is 55.2 Å². The van der Waals surface area contributed by atoms with Crippen LogP contribution in [0.4, 0.5) is 0 Å². The van der Waals surface area contributed by atoms with Crippen LogP contribution < -0.4 is 4.74 Å². The van der Waals surface area contributed by atoms with Crippen molar-refractivity contribution in [3.05, 3.63) is 95.8 Å². The van der Waals surface area contributed by atoms with Gasteiger partial charge in [-0.1, -0.05) is 61.9 Å². The lowest BCUT2D eigenvalue weighted by atomic mass is 10.0. The van der Waals surface area contributed by atoms with Gasteiger partial charge in [0.1, 0.15) is 29.8 Å². The molecule has 1 atom stereocenters. The highest BCUT2D eigenvalue weighted by Crippen LogP contribution is 2.35. The third-order valence-corrected chi connectivity index (χ3v) is 6.55.